The molecular weight excluding hydrogens is 330 g/mol. The van der Waals surface area contributed by atoms with E-state index in [9.17, 15) is 9.59 Å². The summed E-state index contributed by atoms with van der Waals surface area (Å²) in [6, 6.07) is 16.1. The number of hydrogen-bond acceptors (Lipinski definition) is 3. The Balaban J connectivity index is 1.75. The zero-order valence-electron chi connectivity index (χ0n) is 14.6. The van der Waals surface area contributed by atoms with E-state index < -0.39 is 12.1 Å². The predicted octanol–water partition coefficient (Wildman–Crippen LogP) is 4.65. The Morgan fingerprint density at radius 1 is 1.04 bits per heavy atom. The first-order chi connectivity index (χ1) is 12.6. The van der Waals surface area contributed by atoms with Crippen molar-refractivity contribution >= 4 is 17.8 Å². The van der Waals surface area contributed by atoms with Crippen LogP contribution in [-0.4, -0.2) is 29.5 Å². The van der Waals surface area contributed by atoms with E-state index in [4.69, 9.17) is 9.84 Å². The number of carbonyl (C=O) groups is 2. The van der Waals surface area contributed by atoms with Gasteiger partial charge < -0.3 is 9.84 Å². The quantitative estimate of drug-likeness (QED) is 0.769. The molecule has 1 N–H and O–H groups in total. The normalized spacial score (nSPS) is 13.2. The van der Waals surface area contributed by atoms with Gasteiger partial charge in [-0.05, 0) is 35.1 Å². The fraction of sp³-hybridized carbons (Fsp3) is 0.286. The number of carboxylic acids is 1. The van der Waals surface area contributed by atoms with Gasteiger partial charge in [0.1, 0.15) is 12.3 Å². The van der Waals surface area contributed by atoms with Gasteiger partial charge in [-0.15, -0.1) is 0 Å². The highest BCUT2D eigenvalue weighted by Crippen LogP contribution is 2.44. The van der Waals surface area contributed by atoms with E-state index in [1.54, 1.807) is 0 Å². The Hall–Kier alpha value is -2.95. The molecular formula is C21H21NO4. The second kappa shape index (κ2) is 7.95. The predicted molar refractivity (Wildman–Crippen MR) is 99.7 cm³/mol. The van der Waals surface area contributed by atoms with Gasteiger partial charge in [-0.1, -0.05) is 61.9 Å². The molecule has 26 heavy (non-hydrogen) atoms. The Kier molecular flexibility index (Phi) is 5.46. The summed E-state index contributed by atoms with van der Waals surface area (Å²) in [5, 5.41) is 9.15. The molecule has 0 heterocycles. The summed E-state index contributed by atoms with van der Waals surface area (Å²) < 4.78 is 5.31. The minimum atomic E-state index is -1.17. The number of aliphatic imine (C=N–C) groups is 1. The van der Waals surface area contributed by atoms with Crippen molar-refractivity contribution in [3.8, 4) is 11.1 Å². The lowest BCUT2D eigenvalue weighted by molar-refractivity contribution is -0.129. The van der Waals surface area contributed by atoms with Gasteiger partial charge in [0.15, 0.2) is 0 Å². The monoisotopic (exact) mass is 351 g/mol. The molecule has 5 heteroatoms. The molecule has 0 atom stereocenters. The highest BCUT2D eigenvalue weighted by atomic mass is 16.5. The highest BCUT2D eigenvalue weighted by molar-refractivity contribution is 6.37. The topological polar surface area (TPSA) is 76.0 Å². The molecule has 1 amide bonds. The fourth-order valence-corrected chi connectivity index (χ4v) is 3.29. The van der Waals surface area contributed by atoms with Gasteiger partial charge in [-0.2, -0.15) is 4.99 Å². The van der Waals surface area contributed by atoms with Crippen molar-refractivity contribution in [1.82, 2.24) is 0 Å². The van der Waals surface area contributed by atoms with Crippen LogP contribution in [0, 0.1) is 0 Å². The van der Waals surface area contributed by atoms with Crippen LogP contribution in [0.15, 0.2) is 53.5 Å². The van der Waals surface area contributed by atoms with Crippen LogP contribution < -0.4 is 0 Å². The number of carboxylic acid groups (broad SMARTS) is 1. The van der Waals surface area contributed by atoms with E-state index in [1.807, 2.05) is 43.3 Å². The van der Waals surface area contributed by atoms with Crippen LogP contribution in [0.5, 0.6) is 0 Å². The number of ether oxygens (including phenoxy) is 1. The molecule has 0 bridgehead atoms. The van der Waals surface area contributed by atoms with Gasteiger partial charge in [0.25, 0.3) is 0 Å². The lowest BCUT2D eigenvalue weighted by atomic mass is 9.98. The molecule has 0 radical (unpaired) electrons. The Morgan fingerprint density at radius 3 is 2.15 bits per heavy atom. The molecule has 0 fully saturated rings. The summed E-state index contributed by atoms with van der Waals surface area (Å²) in [5.41, 5.74) is 4.34. The summed E-state index contributed by atoms with van der Waals surface area (Å²) in [4.78, 5) is 26.9. The number of benzene rings is 2. The number of carbonyl (C=O) groups excluding carboxylic acids is 1. The lowest BCUT2D eigenvalue weighted by Gasteiger charge is -2.13. The average molecular weight is 351 g/mol. The Bertz CT molecular complexity index is 811. The van der Waals surface area contributed by atoms with E-state index in [0.717, 1.165) is 28.7 Å². The van der Waals surface area contributed by atoms with Crippen molar-refractivity contribution in [2.24, 2.45) is 4.99 Å². The second-order valence-corrected chi connectivity index (χ2v) is 6.27. The van der Waals surface area contributed by atoms with Gasteiger partial charge in [0.05, 0.1) is 0 Å². The molecule has 2 aromatic rings. The minimum absolute atomic E-state index is 0.0644. The van der Waals surface area contributed by atoms with Crippen LogP contribution in [0.3, 0.4) is 0 Å². The van der Waals surface area contributed by atoms with Crippen molar-refractivity contribution < 1.29 is 19.4 Å². The molecule has 0 saturated heterocycles. The molecule has 1 aliphatic rings. The lowest BCUT2D eigenvalue weighted by Crippen LogP contribution is -2.17. The number of fused-ring (bicyclic) bond motifs is 3. The van der Waals surface area contributed by atoms with Gasteiger partial charge in [0, 0.05) is 5.92 Å². The van der Waals surface area contributed by atoms with Crippen LogP contribution in [0.4, 0.5) is 4.79 Å². The van der Waals surface area contributed by atoms with Gasteiger partial charge in [-0.3, -0.25) is 0 Å². The number of nitrogens with zero attached hydrogens (tertiary/aromatic N) is 1. The second-order valence-electron chi connectivity index (χ2n) is 6.27. The van der Waals surface area contributed by atoms with E-state index in [-0.39, 0.29) is 24.7 Å². The van der Waals surface area contributed by atoms with Crippen LogP contribution in [-0.2, 0) is 9.53 Å². The molecule has 0 spiro atoms. The largest absolute Gasteiger partial charge is 0.477 e. The van der Waals surface area contributed by atoms with Crippen molar-refractivity contribution in [2.45, 2.75) is 32.1 Å². The third-order valence-corrected chi connectivity index (χ3v) is 4.58. The van der Waals surface area contributed by atoms with Crippen LogP contribution in [0.1, 0.15) is 43.2 Å². The summed E-state index contributed by atoms with van der Waals surface area (Å²) in [5.74, 6) is -1.24. The molecule has 0 unspecified atom stereocenters. The fourth-order valence-electron chi connectivity index (χ4n) is 3.29. The molecule has 1 aliphatic carbocycles. The van der Waals surface area contributed by atoms with Crippen molar-refractivity contribution in [2.75, 3.05) is 6.61 Å². The standard InChI is InChI=1S/C21H21NO4/c1-2-3-12-19(20(23)24)22-21(25)26-13-18-16-10-6-4-8-14(16)15-9-5-7-11-17(15)18/h4-11,18H,2-3,12-13H2,1H3,(H,23,24). The molecule has 0 saturated carbocycles. The average Bonchev–Trinajstić information content (AvgIpc) is 2.97. The van der Waals surface area contributed by atoms with Crippen LogP contribution >= 0.6 is 0 Å². The van der Waals surface area contributed by atoms with E-state index >= 15 is 0 Å². The van der Waals surface area contributed by atoms with Gasteiger partial charge in [0.2, 0.25) is 0 Å². The molecule has 5 nitrogen and oxygen atoms in total. The molecule has 0 aliphatic heterocycles. The van der Waals surface area contributed by atoms with Gasteiger partial charge >= 0.3 is 12.1 Å². The minimum Gasteiger partial charge on any atom is -0.477 e. The molecule has 0 aromatic heterocycles. The highest BCUT2D eigenvalue weighted by Gasteiger charge is 2.29. The Labute approximate surface area is 152 Å². The number of amides is 1. The number of hydrogen-bond donors (Lipinski definition) is 1. The third-order valence-electron chi connectivity index (χ3n) is 4.58. The van der Waals surface area contributed by atoms with E-state index in [2.05, 4.69) is 17.1 Å². The number of rotatable bonds is 6. The first-order valence-electron chi connectivity index (χ1n) is 8.77. The van der Waals surface area contributed by atoms with E-state index in [0.29, 0.717) is 6.42 Å². The maximum atomic E-state index is 12.0. The summed E-state index contributed by atoms with van der Waals surface area (Å²) in [7, 11) is 0. The zero-order chi connectivity index (χ0) is 18.5. The molecule has 134 valence electrons. The molecule has 2 aromatic carbocycles. The first-order valence-corrected chi connectivity index (χ1v) is 8.77. The summed E-state index contributed by atoms with van der Waals surface area (Å²) in [6.07, 6.45) is 0.912. The Morgan fingerprint density at radius 2 is 1.62 bits per heavy atom. The van der Waals surface area contributed by atoms with E-state index in [1.165, 1.54) is 0 Å². The van der Waals surface area contributed by atoms with Crippen molar-refractivity contribution in [1.29, 1.82) is 0 Å². The summed E-state index contributed by atoms with van der Waals surface area (Å²) in [6.45, 7) is 2.09. The van der Waals surface area contributed by atoms with Crippen LogP contribution in [0.25, 0.3) is 11.1 Å². The zero-order valence-corrected chi connectivity index (χ0v) is 14.6. The number of unbranched alkanes of at least 4 members (excludes halogenated alkanes) is 1. The third kappa shape index (κ3) is 3.67. The smallest absolute Gasteiger partial charge is 0.434 e. The van der Waals surface area contributed by atoms with Crippen molar-refractivity contribution in [3.63, 3.8) is 0 Å². The SMILES string of the molecule is CCCCC(=NC(=O)OCC1c2ccccc2-c2ccccc21)C(=O)O. The maximum Gasteiger partial charge on any atom is 0.434 e. The number of aliphatic carboxylic acids is 1. The first kappa shape index (κ1) is 17.9. The maximum absolute atomic E-state index is 12.0. The van der Waals surface area contributed by atoms with Gasteiger partial charge in [-0.25, -0.2) is 9.59 Å². The summed E-state index contributed by atoms with van der Waals surface area (Å²) >= 11 is 0. The van der Waals surface area contributed by atoms with Crippen LogP contribution in [0.2, 0.25) is 0 Å². The molecule has 3 rings (SSSR count). The van der Waals surface area contributed by atoms with Crippen molar-refractivity contribution in [3.05, 3.63) is 59.7 Å².